The molecule has 0 bridgehead atoms. The molecule has 144 valence electrons. The third-order valence-electron chi connectivity index (χ3n) is 6.27. The number of hydrogen-bond acceptors (Lipinski definition) is 2. The number of aromatic nitrogens is 1. The number of fused-ring (bicyclic) bond motifs is 7. The highest BCUT2D eigenvalue weighted by atomic mass is 16.3. The Morgan fingerprint density at radius 3 is 2.16 bits per heavy atom. The molecule has 0 saturated heterocycles. The van der Waals surface area contributed by atoms with Crippen molar-refractivity contribution in [3.05, 3.63) is 103 Å². The van der Waals surface area contributed by atoms with Crippen LogP contribution in [0.4, 0.5) is 0 Å². The first-order chi connectivity index (χ1) is 15.3. The molecule has 0 amide bonds. The molecule has 0 aliphatic rings. The molecule has 2 aromatic heterocycles. The second-order valence-electron chi connectivity index (χ2n) is 8.06. The molecule has 2 heterocycles. The minimum Gasteiger partial charge on any atom is -0.454 e. The highest BCUT2D eigenvalue weighted by Gasteiger charge is 2.14. The van der Waals surface area contributed by atoms with Crippen LogP contribution in [-0.4, -0.2) is 4.98 Å². The smallest absolute Gasteiger partial charge is 0.161 e. The number of hydrogen-bond donors (Lipinski definition) is 0. The van der Waals surface area contributed by atoms with Crippen LogP contribution in [0.5, 0.6) is 0 Å². The van der Waals surface area contributed by atoms with Crippen LogP contribution in [0.15, 0.2) is 108 Å². The van der Waals surface area contributed by atoms with Crippen LogP contribution in [-0.2, 0) is 0 Å². The zero-order chi connectivity index (χ0) is 20.4. The second-order valence-corrected chi connectivity index (χ2v) is 8.06. The number of benzene rings is 5. The fourth-order valence-electron chi connectivity index (χ4n) is 4.75. The third-order valence-corrected chi connectivity index (χ3v) is 6.27. The van der Waals surface area contributed by atoms with Gasteiger partial charge in [-0.25, -0.2) is 0 Å². The summed E-state index contributed by atoms with van der Waals surface area (Å²) >= 11 is 0. The predicted molar refractivity (Wildman–Crippen MR) is 129 cm³/mol. The van der Waals surface area contributed by atoms with Crippen molar-refractivity contribution in [2.75, 3.05) is 0 Å². The van der Waals surface area contributed by atoms with Gasteiger partial charge in [0.1, 0.15) is 11.3 Å². The van der Waals surface area contributed by atoms with Gasteiger partial charge in [-0.3, -0.25) is 4.98 Å². The van der Waals surface area contributed by atoms with E-state index >= 15 is 0 Å². The molecule has 0 saturated carbocycles. The quantitative estimate of drug-likeness (QED) is 0.262. The van der Waals surface area contributed by atoms with Gasteiger partial charge in [0.2, 0.25) is 0 Å². The van der Waals surface area contributed by atoms with Crippen molar-refractivity contribution in [1.82, 2.24) is 4.98 Å². The standard InChI is InChI=1S/C29H17NO/c1-2-7-20-17-27-26(16-19(20)6-1)25-13-14-30-28(29(25)31-27)22-11-12-24-21(15-22)10-9-18-5-3-4-8-23(18)24/h1-17H. The van der Waals surface area contributed by atoms with Crippen molar-refractivity contribution >= 4 is 54.3 Å². The van der Waals surface area contributed by atoms with Crippen molar-refractivity contribution in [2.45, 2.75) is 0 Å². The van der Waals surface area contributed by atoms with E-state index in [4.69, 9.17) is 9.40 Å². The minimum absolute atomic E-state index is 0.841. The molecule has 0 aliphatic carbocycles. The number of rotatable bonds is 1. The van der Waals surface area contributed by atoms with Gasteiger partial charge in [0.25, 0.3) is 0 Å². The maximum atomic E-state index is 6.37. The maximum Gasteiger partial charge on any atom is 0.161 e. The van der Waals surface area contributed by atoms with E-state index in [0.29, 0.717) is 0 Å². The molecule has 2 heteroatoms. The van der Waals surface area contributed by atoms with Crippen molar-refractivity contribution < 1.29 is 4.42 Å². The van der Waals surface area contributed by atoms with Crippen LogP contribution in [0, 0.1) is 0 Å². The maximum absolute atomic E-state index is 6.37. The molecule has 0 fully saturated rings. The lowest BCUT2D eigenvalue weighted by Crippen LogP contribution is -1.85. The first-order valence-corrected chi connectivity index (χ1v) is 10.5. The van der Waals surface area contributed by atoms with E-state index < -0.39 is 0 Å². The summed E-state index contributed by atoms with van der Waals surface area (Å²) in [4.78, 5) is 4.72. The molecule has 0 atom stereocenters. The molecule has 5 aromatic carbocycles. The van der Waals surface area contributed by atoms with Gasteiger partial charge < -0.3 is 4.42 Å². The average molecular weight is 395 g/mol. The van der Waals surface area contributed by atoms with Crippen LogP contribution >= 0.6 is 0 Å². The molecular weight excluding hydrogens is 378 g/mol. The molecular formula is C29H17NO. The number of furan rings is 1. The van der Waals surface area contributed by atoms with Crippen LogP contribution in [0.3, 0.4) is 0 Å². The zero-order valence-corrected chi connectivity index (χ0v) is 16.7. The zero-order valence-electron chi connectivity index (χ0n) is 16.7. The molecule has 0 spiro atoms. The Hall–Kier alpha value is -4.17. The molecule has 7 rings (SSSR count). The SMILES string of the molecule is c1ccc2cc3c(cc2c1)oc1c(-c2ccc4c(ccc5ccccc54)c2)nccc13. The Morgan fingerprint density at radius 1 is 0.516 bits per heavy atom. The lowest BCUT2D eigenvalue weighted by atomic mass is 9.98. The largest absolute Gasteiger partial charge is 0.454 e. The molecule has 0 N–H and O–H groups in total. The Kier molecular flexibility index (Phi) is 3.30. The van der Waals surface area contributed by atoms with Gasteiger partial charge in [-0.1, -0.05) is 72.8 Å². The molecule has 0 unspecified atom stereocenters. The van der Waals surface area contributed by atoms with Gasteiger partial charge in [0.05, 0.1) is 0 Å². The van der Waals surface area contributed by atoms with Crippen molar-refractivity contribution in [3.63, 3.8) is 0 Å². The summed E-state index contributed by atoms with van der Waals surface area (Å²) in [7, 11) is 0. The van der Waals surface area contributed by atoms with Crippen LogP contribution < -0.4 is 0 Å². The summed E-state index contributed by atoms with van der Waals surface area (Å²) in [6.45, 7) is 0. The number of nitrogens with zero attached hydrogens (tertiary/aromatic N) is 1. The topological polar surface area (TPSA) is 26.0 Å². The van der Waals surface area contributed by atoms with Crippen LogP contribution in [0.1, 0.15) is 0 Å². The molecule has 0 radical (unpaired) electrons. The van der Waals surface area contributed by atoms with Gasteiger partial charge >= 0.3 is 0 Å². The van der Waals surface area contributed by atoms with E-state index in [0.717, 1.165) is 33.2 Å². The average Bonchev–Trinajstić information content (AvgIpc) is 3.19. The Bertz CT molecular complexity index is 1790. The predicted octanol–water partition coefficient (Wildman–Crippen LogP) is 8.11. The summed E-state index contributed by atoms with van der Waals surface area (Å²) in [5.41, 5.74) is 3.69. The minimum atomic E-state index is 0.841. The Labute approximate surface area is 178 Å². The van der Waals surface area contributed by atoms with Gasteiger partial charge in [0.15, 0.2) is 5.58 Å². The fourth-order valence-corrected chi connectivity index (χ4v) is 4.75. The molecule has 2 nitrogen and oxygen atoms in total. The van der Waals surface area contributed by atoms with Gasteiger partial charge in [0, 0.05) is 22.5 Å². The van der Waals surface area contributed by atoms with E-state index in [9.17, 15) is 0 Å². The second kappa shape index (κ2) is 6.16. The third kappa shape index (κ3) is 2.42. The number of pyridine rings is 1. The van der Waals surface area contributed by atoms with E-state index in [1.54, 1.807) is 0 Å². The summed E-state index contributed by atoms with van der Waals surface area (Å²) < 4.78 is 6.37. The van der Waals surface area contributed by atoms with Crippen LogP contribution in [0.2, 0.25) is 0 Å². The summed E-state index contributed by atoms with van der Waals surface area (Å²) in [5, 5.41) is 9.62. The van der Waals surface area contributed by atoms with Gasteiger partial charge in [-0.15, -0.1) is 0 Å². The van der Waals surface area contributed by atoms with Gasteiger partial charge in [-0.2, -0.15) is 0 Å². The monoisotopic (exact) mass is 395 g/mol. The van der Waals surface area contributed by atoms with E-state index in [1.807, 2.05) is 12.3 Å². The van der Waals surface area contributed by atoms with Crippen molar-refractivity contribution in [2.24, 2.45) is 0 Å². The summed E-state index contributed by atoms with van der Waals surface area (Å²) in [6, 6.07) is 34.2. The highest BCUT2D eigenvalue weighted by molar-refractivity contribution is 6.13. The van der Waals surface area contributed by atoms with Crippen LogP contribution in [0.25, 0.3) is 65.5 Å². The summed E-state index contributed by atoms with van der Waals surface area (Å²) in [6.07, 6.45) is 1.88. The van der Waals surface area contributed by atoms with Gasteiger partial charge in [-0.05, 0) is 56.6 Å². The lowest BCUT2D eigenvalue weighted by Gasteiger charge is -2.07. The summed E-state index contributed by atoms with van der Waals surface area (Å²) in [5.74, 6) is 0. The van der Waals surface area contributed by atoms with Crippen molar-refractivity contribution in [3.8, 4) is 11.3 Å². The first-order valence-electron chi connectivity index (χ1n) is 10.5. The molecule has 7 aromatic rings. The Balaban J connectivity index is 1.50. The normalized spacial score (nSPS) is 11.9. The highest BCUT2D eigenvalue weighted by Crippen LogP contribution is 2.37. The molecule has 31 heavy (non-hydrogen) atoms. The lowest BCUT2D eigenvalue weighted by molar-refractivity contribution is 0.669. The fraction of sp³-hybridized carbons (Fsp3) is 0. The van der Waals surface area contributed by atoms with E-state index in [2.05, 4.69) is 91.0 Å². The molecule has 0 aliphatic heterocycles. The van der Waals surface area contributed by atoms with E-state index in [-0.39, 0.29) is 0 Å². The van der Waals surface area contributed by atoms with E-state index in [1.165, 1.54) is 32.3 Å². The first kappa shape index (κ1) is 16.6. The van der Waals surface area contributed by atoms with Crippen molar-refractivity contribution in [1.29, 1.82) is 0 Å². The Morgan fingerprint density at radius 2 is 1.26 bits per heavy atom.